The Morgan fingerprint density at radius 1 is 0.971 bits per heavy atom. The normalized spacial score (nSPS) is 11.6. The van der Waals surface area contributed by atoms with Crippen LogP contribution in [0.3, 0.4) is 0 Å². The number of halogens is 1. The maximum atomic E-state index is 13.2. The van der Waals surface area contributed by atoms with Gasteiger partial charge in [-0.3, -0.25) is 4.79 Å². The van der Waals surface area contributed by atoms with E-state index in [4.69, 9.17) is 0 Å². The smallest absolute Gasteiger partial charge is 0.336 e. The number of hydrogen-bond acceptors (Lipinski definition) is 5. The van der Waals surface area contributed by atoms with Crippen molar-refractivity contribution in [2.75, 3.05) is 13.1 Å². The molecule has 0 aliphatic carbocycles. The SMILES string of the molecule is O=C(CN(CCc1ccccc1)S(=O)(=O)c1ccc(Br)cc1)N/N=C\c1ccccc1C(=O)O. The Hall–Kier alpha value is -3.34. The van der Waals surface area contributed by atoms with Crippen LogP contribution >= 0.6 is 15.9 Å². The number of sulfonamides is 1. The van der Waals surface area contributed by atoms with Crippen molar-refractivity contribution in [3.8, 4) is 0 Å². The number of aromatic carboxylic acids is 1. The summed E-state index contributed by atoms with van der Waals surface area (Å²) < 4.78 is 28.3. The number of amides is 1. The predicted molar refractivity (Wildman–Crippen MR) is 132 cm³/mol. The van der Waals surface area contributed by atoms with Gasteiger partial charge in [0.2, 0.25) is 10.0 Å². The van der Waals surface area contributed by atoms with Gasteiger partial charge in [0.05, 0.1) is 23.2 Å². The van der Waals surface area contributed by atoms with E-state index in [1.165, 1.54) is 24.4 Å². The van der Waals surface area contributed by atoms with Crippen LogP contribution < -0.4 is 5.43 Å². The molecule has 3 aromatic rings. The number of rotatable bonds is 10. The highest BCUT2D eigenvalue weighted by Gasteiger charge is 2.26. The second-order valence-electron chi connectivity index (χ2n) is 7.21. The van der Waals surface area contributed by atoms with Gasteiger partial charge in [-0.25, -0.2) is 18.6 Å². The van der Waals surface area contributed by atoms with Crippen LogP contribution in [0.15, 0.2) is 93.3 Å². The van der Waals surface area contributed by atoms with Crippen molar-refractivity contribution >= 4 is 44.0 Å². The van der Waals surface area contributed by atoms with Crippen molar-refractivity contribution < 1.29 is 23.1 Å². The Morgan fingerprint density at radius 2 is 1.62 bits per heavy atom. The van der Waals surface area contributed by atoms with E-state index in [1.54, 1.807) is 30.3 Å². The fourth-order valence-electron chi connectivity index (χ4n) is 3.11. The molecular weight excluding hydrogens is 522 g/mol. The minimum absolute atomic E-state index is 0.0304. The van der Waals surface area contributed by atoms with Gasteiger partial charge in [-0.2, -0.15) is 9.41 Å². The molecule has 0 saturated carbocycles. The standard InChI is InChI=1S/C24H22BrN3O5S/c25-20-10-12-21(13-11-20)34(32,33)28(15-14-18-6-2-1-3-7-18)17-23(29)27-26-16-19-8-4-5-9-22(19)24(30)31/h1-13,16H,14-15,17H2,(H,27,29)(H,30,31)/b26-16-. The summed E-state index contributed by atoms with van der Waals surface area (Å²) in [5, 5.41) is 13.0. The van der Waals surface area contributed by atoms with Gasteiger partial charge in [0.1, 0.15) is 0 Å². The third-order valence-corrected chi connectivity index (χ3v) is 7.24. The van der Waals surface area contributed by atoms with Crippen LogP contribution in [-0.2, 0) is 21.2 Å². The number of nitrogens with zero attached hydrogens (tertiary/aromatic N) is 2. The summed E-state index contributed by atoms with van der Waals surface area (Å²) in [6.07, 6.45) is 1.62. The van der Waals surface area contributed by atoms with E-state index >= 15 is 0 Å². The van der Waals surface area contributed by atoms with Crippen molar-refractivity contribution in [3.05, 3.63) is 100 Å². The number of carbonyl (C=O) groups excluding carboxylic acids is 1. The van der Waals surface area contributed by atoms with E-state index < -0.39 is 28.4 Å². The average Bonchev–Trinajstić information content (AvgIpc) is 2.82. The van der Waals surface area contributed by atoms with Crippen molar-refractivity contribution in [2.45, 2.75) is 11.3 Å². The van der Waals surface area contributed by atoms with Crippen molar-refractivity contribution in [2.24, 2.45) is 5.10 Å². The second kappa shape index (κ2) is 11.7. The molecule has 0 unspecified atom stereocenters. The summed E-state index contributed by atoms with van der Waals surface area (Å²) in [7, 11) is -3.96. The van der Waals surface area contributed by atoms with E-state index in [0.29, 0.717) is 12.0 Å². The first-order valence-electron chi connectivity index (χ1n) is 10.2. The fourth-order valence-corrected chi connectivity index (χ4v) is 4.77. The molecular formula is C24H22BrN3O5S. The third-order valence-electron chi connectivity index (χ3n) is 4.85. The van der Waals surface area contributed by atoms with E-state index in [2.05, 4.69) is 26.5 Å². The zero-order valence-corrected chi connectivity index (χ0v) is 20.4. The summed E-state index contributed by atoms with van der Waals surface area (Å²) in [4.78, 5) is 23.9. The molecule has 176 valence electrons. The quantitative estimate of drug-likeness (QED) is 0.299. The number of carbonyl (C=O) groups is 2. The van der Waals surface area contributed by atoms with Gasteiger partial charge in [-0.1, -0.05) is 64.5 Å². The molecule has 0 fully saturated rings. The van der Waals surface area contributed by atoms with Gasteiger partial charge >= 0.3 is 5.97 Å². The molecule has 0 bridgehead atoms. The highest BCUT2D eigenvalue weighted by Crippen LogP contribution is 2.19. The van der Waals surface area contributed by atoms with Crippen molar-refractivity contribution in [1.29, 1.82) is 0 Å². The third kappa shape index (κ3) is 6.83. The molecule has 0 radical (unpaired) electrons. The van der Waals surface area contributed by atoms with E-state index in [9.17, 15) is 23.1 Å². The zero-order chi connectivity index (χ0) is 24.6. The monoisotopic (exact) mass is 543 g/mol. The Labute approximate surface area is 206 Å². The van der Waals surface area contributed by atoms with Gasteiger partial charge in [0.15, 0.2) is 0 Å². The molecule has 0 aliphatic rings. The number of carboxylic acids is 1. The molecule has 10 heteroatoms. The van der Waals surface area contributed by atoms with Crippen molar-refractivity contribution in [1.82, 2.24) is 9.73 Å². The molecule has 3 aromatic carbocycles. The topological polar surface area (TPSA) is 116 Å². The molecule has 0 aromatic heterocycles. The predicted octanol–water partition coefficient (Wildman–Crippen LogP) is 3.53. The Morgan fingerprint density at radius 3 is 2.29 bits per heavy atom. The number of hydrogen-bond donors (Lipinski definition) is 2. The molecule has 0 heterocycles. The first-order valence-corrected chi connectivity index (χ1v) is 12.4. The summed E-state index contributed by atoms with van der Waals surface area (Å²) in [5.41, 5.74) is 3.55. The number of carboxylic acid groups (broad SMARTS) is 1. The summed E-state index contributed by atoms with van der Waals surface area (Å²) in [6.45, 7) is -0.370. The maximum absolute atomic E-state index is 13.2. The molecule has 8 nitrogen and oxygen atoms in total. The number of hydrazone groups is 1. The highest BCUT2D eigenvalue weighted by molar-refractivity contribution is 9.10. The van der Waals surface area contributed by atoms with Crippen LogP contribution in [-0.4, -0.2) is 49.0 Å². The largest absolute Gasteiger partial charge is 0.478 e. The van der Waals surface area contributed by atoms with Crippen LogP contribution in [0.1, 0.15) is 21.5 Å². The summed E-state index contributed by atoms with van der Waals surface area (Å²) in [5.74, 6) is -1.78. The van der Waals surface area contributed by atoms with Gasteiger partial charge < -0.3 is 5.11 Å². The minimum atomic E-state index is -3.96. The zero-order valence-electron chi connectivity index (χ0n) is 18.0. The lowest BCUT2D eigenvalue weighted by Gasteiger charge is -2.21. The lowest BCUT2D eigenvalue weighted by molar-refractivity contribution is -0.121. The van der Waals surface area contributed by atoms with Gasteiger partial charge in [-0.15, -0.1) is 0 Å². The highest BCUT2D eigenvalue weighted by atomic mass is 79.9. The van der Waals surface area contributed by atoms with Gasteiger partial charge in [0, 0.05) is 16.6 Å². The van der Waals surface area contributed by atoms with Crippen LogP contribution in [0, 0.1) is 0 Å². The fraction of sp³-hybridized carbons (Fsp3) is 0.125. The summed E-state index contributed by atoms with van der Waals surface area (Å²) >= 11 is 3.29. The van der Waals surface area contributed by atoms with Crippen LogP contribution in [0.2, 0.25) is 0 Å². The number of nitrogens with one attached hydrogen (secondary N) is 1. The Bertz CT molecular complexity index is 1280. The molecule has 3 rings (SSSR count). The van der Waals surface area contributed by atoms with Crippen molar-refractivity contribution in [3.63, 3.8) is 0 Å². The van der Waals surface area contributed by atoms with E-state index in [1.807, 2.05) is 30.3 Å². The Kier molecular flexibility index (Phi) is 8.69. The molecule has 34 heavy (non-hydrogen) atoms. The molecule has 1 amide bonds. The van der Waals surface area contributed by atoms with Gasteiger partial charge in [0.25, 0.3) is 5.91 Å². The first-order chi connectivity index (χ1) is 16.3. The molecule has 0 saturated heterocycles. The Balaban J connectivity index is 1.75. The molecule has 0 spiro atoms. The summed E-state index contributed by atoms with van der Waals surface area (Å²) in [6, 6.07) is 21.7. The first kappa shape index (κ1) is 25.3. The molecule has 2 N–H and O–H groups in total. The van der Waals surface area contributed by atoms with E-state index in [0.717, 1.165) is 14.3 Å². The van der Waals surface area contributed by atoms with Crippen LogP contribution in [0.5, 0.6) is 0 Å². The van der Waals surface area contributed by atoms with E-state index in [-0.39, 0.29) is 17.0 Å². The average molecular weight is 544 g/mol. The van der Waals surface area contributed by atoms with Crippen LogP contribution in [0.4, 0.5) is 0 Å². The maximum Gasteiger partial charge on any atom is 0.336 e. The van der Waals surface area contributed by atoms with Crippen LogP contribution in [0.25, 0.3) is 0 Å². The lowest BCUT2D eigenvalue weighted by Crippen LogP contribution is -2.40. The molecule has 0 atom stereocenters. The molecule has 0 aliphatic heterocycles. The number of benzene rings is 3. The lowest BCUT2D eigenvalue weighted by atomic mass is 10.1. The second-order valence-corrected chi connectivity index (χ2v) is 10.1. The minimum Gasteiger partial charge on any atom is -0.478 e. The van der Waals surface area contributed by atoms with Gasteiger partial charge in [-0.05, 0) is 42.3 Å².